The molecular formula is C19H32N2O2. The van der Waals surface area contributed by atoms with E-state index < -0.39 is 0 Å². The highest BCUT2D eigenvalue weighted by molar-refractivity contribution is 5.06. The maximum Gasteiger partial charge on any atom is 0.118 e. The predicted octanol–water partition coefficient (Wildman–Crippen LogP) is 3.30. The van der Waals surface area contributed by atoms with Gasteiger partial charge < -0.3 is 9.15 Å². The van der Waals surface area contributed by atoms with Gasteiger partial charge in [-0.1, -0.05) is 0 Å². The lowest BCUT2D eigenvalue weighted by molar-refractivity contribution is 0.0892. The van der Waals surface area contributed by atoms with Gasteiger partial charge in [0.2, 0.25) is 0 Å². The summed E-state index contributed by atoms with van der Waals surface area (Å²) in [7, 11) is 1.83. The van der Waals surface area contributed by atoms with Crippen LogP contribution in [-0.4, -0.2) is 55.2 Å². The van der Waals surface area contributed by atoms with Gasteiger partial charge in [-0.2, -0.15) is 0 Å². The van der Waals surface area contributed by atoms with Gasteiger partial charge in [-0.05, 0) is 70.7 Å². The second kappa shape index (κ2) is 6.96. The number of hydrogen-bond acceptors (Lipinski definition) is 4. The van der Waals surface area contributed by atoms with Crippen LogP contribution in [0, 0.1) is 12.3 Å². The number of hydrogen-bond donors (Lipinski definition) is 0. The Labute approximate surface area is 140 Å². The van der Waals surface area contributed by atoms with Crippen molar-refractivity contribution < 1.29 is 9.15 Å². The number of furan rings is 1. The molecule has 0 unspecified atom stereocenters. The predicted molar refractivity (Wildman–Crippen MR) is 92.5 cm³/mol. The molecule has 2 aliphatic rings. The Morgan fingerprint density at radius 2 is 2.04 bits per heavy atom. The summed E-state index contributed by atoms with van der Waals surface area (Å²) in [5.41, 5.74) is 0.503. The first kappa shape index (κ1) is 17.0. The first-order valence-electron chi connectivity index (χ1n) is 9.04. The fraction of sp³-hybridized carbons (Fsp3) is 0.789. The van der Waals surface area contributed by atoms with Crippen LogP contribution in [0.4, 0.5) is 0 Å². The molecule has 3 rings (SSSR count). The maximum atomic E-state index is 5.73. The number of methoxy groups -OCH3 is 1. The molecule has 2 fully saturated rings. The van der Waals surface area contributed by atoms with Crippen molar-refractivity contribution in [3.63, 3.8) is 0 Å². The van der Waals surface area contributed by atoms with E-state index in [4.69, 9.17) is 9.15 Å². The summed E-state index contributed by atoms with van der Waals surface area (Å²) in [5, 5.41) is 0. The highest BCUT2D eigenvalue weighted by Crippen LogP contribution is 2.44. The molecule has 1 spiro atoms. The summed E-state index contributed by atoms with van der Waals surface area (Å²) in [6.45, 7) is 12.1. The van der Waals surface area contributed by atoms with Gasteiger partial charge in [-0.25, -0.2) is 0 Å². The highest BCUT2D eigenvalue weighted by Gasteiger charge is 2.46. The highest BCUT2D eigenvalue weighted by atomic mass is 16.5. The quantitative estimate of drug-likeness (QED) is 0.832. The molecule has 1 atom stereocenters. The van der Waals surface area contributed by atoms with Crippen LogP contribution in [-0.2, 0) is 11.3 Å². The van der Waals surface area contributed by atoms with Crippen molar-refractivity contribution in [1.29, 1.82) is 0 Å². The Morgan fingerprint density at radius 3 is 2.61 bits per heavy atom. The first-order chi connectivity index (χ1) is 11.0. The van der Waals surface area contributed by atoms with Crippen LogP contribution in [0.3, 0.4) is 0 Å². The monoisotopic (exact) mass is 320 g/mol. The van der Waals surface area contributed by atoms with E-state index in [9.17, 15) is 0 Å². The molecule has 130 valence electrons. The van der Waals surface area contributed by atoms with E-state index in [0.29, 0.717) is 17.5 Å². The number of ether oxygens (including phenoxy) is 1. The molecule has 2 aliphatic heterocycles. The third-order valence-electron chi connectivity index (χ3n) is 5.77. The summed E-state index contributed by atoms with van der Waals surface area (Å²) in [5.74, 6) is 2.12. The van der Waals surface area contributed by atoms with Crippen molar-refractivity contribution in [2.24, 2.45) is 5.41 Å². The Hall–Kier alpha value is -0.840. The Kier molecular flexibility index (Phi) is 5.14. The molecule has 4 heteroatoms. The van der Waals surface area contributed by atoms with Gasteiger partial charge in [-0.15, -0.1) is 0 Å². The van der Waals surface area contributed by atoms with E-state index in [-0.39, 0.29) is 0 Å². The fourth-order valence-corrected chi connectivity index (χ4v) is 4.49. The van der Waals surface area contributed by atoms with Crippen LogP contribution >= 0.6 is 0 Å². The average molecular weight is 320 g/mol. The summed E-state index contributed by atoms with van der Waals surface area (Å²) in [6, 6.07) is 5.38. The normalized spacial score (nSPS) is 25.7. The summed E-state index contributed by atoms with van der Waals surface area (Å²) >= 11 is 0. The number of piperidine rings is 1. The third kappa shape index (κ3) is 3.81. The van der Waals surface area contributed by atoms with Gasteiger partial charge in [0, 0.05) is 25.7 Å². The van der Waals surface area contributed by atoms with Crippen molar-refractivity contribution in [1.82, 2.24) is 9.80 Å². The second-order valence-corrected chi connectivity index (χ2v) is 7.87. The van der Waals surface area contributed by atoms with Crippen molar-refractivity contribution >= 4 is 0 Å². The minimum atomic E-state index is 0.503. The lowest BCUT2D eigenvalue weighted by Gasteiger charge is -2.39. The molecule has 3 heterocycles. The van der Waals surface area contributed by atoms with Crippen LogP contribution in [0.1, 0.15) is 44.6 Å². The fourth-order valence-electron chi connectivity index (χ4n) is 4.49. The molecule has 0 aliphatic carbocycles. The molecule has 0 N–H and O–H groups in total. The van der Waals surface area contributed by atoms with Crippen LogP contribution < -0.4 is 0 Å². The molecule has 4 nitrogen and oxygen atoms in total. The smallest absolute Gasteiger partial charge is 0.118 e. The SMILES string of the molecule is COC[C@@H]1CC2(CCN(Cc3ccc(C)o3)CC2)CN1C(C)C. The molecule has 23 heavy (non-hydrogen) atoms. The van der Waals surface area contributed by atoms with Gasteiger partial charge in [0.25, 0.3) is 0 Å². The maximum absolute atomic E-state index is 5.73. The Balaban J connectivity index is 1.57. The van der Waals surface area contributed by atoms with Crippen LogP contribution in [0.2, 0.25) is 0 Å². The Morgan fingerprint density at radius 1 is 1.30 bits per heavy atom. The van der Waals surface area contributed by atoms with Crippen molar-refractivity contribution in [3.05, 3.63) is 23.7 Å². The molecule has 0 bridgehead atoms. The van der Waals surface area contributed by atoms with E-state index in [1.54, 1.807) is 0 Å². The van der Waals surface area contributed by atoms with Gasteiger partial charge >= 0.3 is 0 Å². The van der Waals surface area contributed by atoms with Crippen LogP contribution in [0.15, 0.2) is 16.5 Å². The minimum Gasteiger partial charge on any atom is -0.465 e. The van der Waals surface area contributed by atoms with Gasteiger partial charge in [0.05, 0.1) is 13.2 Å². The topological polar surface area (TPSA) is 28.9 Å². The molecule has 1 aromatic heterocycles. The zero-order chi connectivity index (χ0) is 16.4. The van der Waals surface area contributed by atoms with E-state index >= 15 is 0 Å². The lowest BCUT2D eigenvalue weighted by atomic mass is 9.76. The minimum absolute atomic E-state index is 0.503. The molecule has 0 saturated carbocycles. The standard InChI is InChI=1S/C19H32N2O2/c1-15(2)21-14-19(11-17(21)13-22-4)7-9-20(10-8-19)12-18-6-5-16(3)23-18/h5-6,15,17H,7-14H2,1-4H3/t17-/m0/s1. The van der Waals surface area contributed by atoms with Crippen molar-refractivity contribution in [2.75, 3.05) is 33.4 Å². The zero-order valence-electron chi connectivity index (χ0n) is 15.2. The van der Waals surface area contributed by atoms with Crippen molar-refractivity contribution in [3.8, 4) is 0 Å². The van der Waals surface area contributed by atoms with Crippen molar-refractivity contribution in [2.45, 2.75) is 58.7 Å². The summed E-state index contributed by atoms with van der Waals surface area (Å²) < 4.78 is 11.2. The summed E-state index contributed by atoms with van der Waals surface area (Å²) in [4.78, 5) is 5.21. The van der Waals surface area contributed by atoms with Crippen LogP contribution in [0.5, 0.6) is 0 Å². The first-order valence-corrected chi connectivity index (χ1v) is 9.04. The largest absolute Gasteiger partial charge is 0.465 e. The molecule has 2 saturated heterocycles. The molecule has 0 amide bonds. The lowest BCUT2D eigenvalue weighted by Crippen LogP contribution is -2.42. The molecule has 0 radical (unpaired) electrons. The van der Waals surface area contributed by atoms with Gasteiger partial charge in [0.15, 0.2) is 0 Å². The molecule has 1 aromatic rings. The van der Waals surface area contributed by atoms with Gasteiger partial charge in [-0.3, -0.25) is 9.80 Å². The van der Waals surface area contributed by atoms with E-state index in [1.807, 2.05) is 14.0 Å². The second-order valence-electron chi connectivity index (χ2n) is 7.87. The van der Waals surface area contributed by atoms with E-state index in [1.165, 1.54) is 38.9 Å². The van der Waals surface area contributed by atoms with Gasteiger partial charge in [0.1, 0.15) is 11.5 Å². The number of nitrogens with zero attached hydrogens (tertiary/aromatic N) is 2. The summed E-state index contributed by atoms with van der Waals surface area (Å²) in [6.07, 6.45) is 3.90. The van der Waals surface area contributed by atoms with Crippen LogP contribution in [0.25, 0.3) is 0 Å². The Bertz CT molecular complexity index is 503. The number of aryl methyl sites for hydroxylation is 1. The average Bonchev–Trinajstić information content (AvgIpc) is 3.07. The number of rotatable bonds is 5. The molecular weight excluding hydrogens is 288 g/mol. The van der Waals surface area contributed by atoms with E-state index in [0.717, 1.165) is 24.7 Å². The van der Waals surface area contributed by atoms with E-state index in [2.05, 4.69) is 35.8 Å². The zero-order valence-corrected chi connectivity index (χ0v) is 15.2. The molecule has 0 aromatic carbocycles. The third-order valence-corrected chi connectivity index (χ3v) is 5.77. The number of likely N-dealkylation sites (tertiary alicyclic amines) is 2.